The van der Waals surface area contributed by atoms with Gasteiger partial charge in [0.25, 0.3) is 5.79 Å². The first-order valence-corrected chi connectivity index (χ1v) is 17.9. The van der Waals surface area contributed by atoms with E-state index in [-0.39, 0.29) is 17.3 Å². The molecule has 324 valence electrons. The Morgan fingerprint density at radius 3 is 1.75 bits per heavy atom. The highest BCUT2D eigenvalue weighted by Gasteiger charge is 2.50. The number of aromatic nitrogens is 2. The number of hydrogen-bond acceptors (Lipinski definition) is 7. The highest BCUT2D eigenvalue weighted by molar-refractivity contribution is 6.27. The van der Waals surface area contributed by atoms with Crippen molar-refractivity contribution in [1.82, 2.24) is 9.97 Å². The lowest BCUT2D eigenvalue weighted by Gasteiger charge is -2.30. The Balaban J connectivity index is 1.38. The third-order valence-corrected chi connectivity index (χ3v) is 10.6. The lowest BCUT2D eigenvalue weighted by molar-refractivity contribution is 0.200. The third-order valence-electron chi connectivity index (χ3n) is 10.6. The summed E-state index contributed by atoms with van der Waals surface area (Å²) in [6, 6.07) is 4.35. The summed E-state index contributed by atoms with van der Waals surface area (Å²) in [7, 11) is 0. The van der Waals surface area contributed by atoms with Crippen LogP contribution in [0.25, 0.3) is 16.6 Å². The molecule has 3 aliphatic heterocycles. The first-order valence-electron chi connectivity index (χ1n) is 17.9. The fraction of sp³-hybridized carbons (Fsp3) is 0.0750. The summed E-state index contributed by atoms with van der Waals surface area (Å²) in [5, 5.41) is 0.176. The van der Waals surface area contributed by atoms with Crippen LogP contribution in [0.5, 0.6) is 0 Å². The SMILES string of the molecule is Cc1ccc(NC2(F)C(F)=C(F)C(F)=c3c2c2[nH]/c3=N\C3=NC(=N\c4[nH]c(c5c(F)c(F)c(F)c(F)c45)/N=C4\N=C(N2)c2c(F)c(F)c(F)c(F)c24)/c2c3cc(F)c(F)c2F)c(C)c1. The molecule has 4 aliphatic rings. The van der Waals surface area contributed by atoms with Gasteiger partial charge in [0.15, 0.2) is 93.2 Å². The number of aliphatic imine (C=N–C) groups is 4. The van der Waals surface area contributed by atoms with E-state index in [2.05, 4.69) is 45.6 Å². The summed E-state index contributed by atoms with van der Waals surface area (Å²) in [5.74, 6) is -44.6. The van der Waals surface area contributed by atoms with E-state index < -0.39 is 177 Å². The van der Waals surface area contributed by atoms with Gasteiger partial charge in [0, 0.05) is 11.3 Å². The molecular formula is C40H14F15N9. The number of H-pyrrole nitrogens is 2. The van der Waals surface area contributed by atoms with Crippen LogP contribution in [0.1, 0.15) is 38.9 Å². The second kappa shape index (κ2) is 13.4. The molecule has 5 heterocycles. The maximum Gasteiger partial charge on any atom is 0.265 e. The minimum atomic E-state index is -4.05. The molecule has 64 heavy (non-hydrogen) atoms. The van der Waals surface area contributed by atoms with Crippen molar-refractivity contribution < 1.29 is 65.9 Å². The number of aromatic amines is 2. The van der Waals surface area contributed by atoms with Gasteiger partial charge in [-0.15, -0.1) is 0 Å². The van der Waals surface area contributed by atoms with E-state index in [1.165, 1.54) is 25.1 Å². The van der Waals surface area contributed by atoms with Gasteiger partial charge in [0.1, 0.15) is 28.8 Å². The number of halogens is 15. The average Bonchev–Trinajstić information content (AvgIpc) is 4.00. The summed E-state index contributed by atoms with van der Waals surface area (Å²) < 4.78 is 234. The van der Waals surface area contributed by atoms with Gasteiger partial charge in [0.05, 0.1) is 38.2 Å². The van der Waals surface area contributed by atoms with Gasteiger partial charge in [-0.3, -0.25) is 0 Å². The van der Waals surface area contributed by atoms with Crippen LogP contribution in [0.3, 0.4) is 0 Å². The second-order valence-electron chi connectivity index (χ2n) is 14.4. The molecule has 2 aromatic heterocycles. The minimum absolute atomic E-state index is 0.200. The fourth-order valence-electron chi connectivity index (χ4n) is 7.69. The largest absolute Gasteiger partial charge is 0.344 e. The van der Waals surface area contributed by atoms with Gasteiger partial charge >= 0.3 is 0 Å². The average molecular weight is 906 g/mol. The number of benzene rings is 4. The molecular weight excluding hydrogens is 891 g/mol. The number of rotatable bonds is 2. The van der Waals surface area contributed by atoms with E-state index in [0.717, 1.165) is 0 Å². The van der Waals surface area contributed by atoms with Crippen LogP contribution in [0.4, 0.5) is 89.0 Å². The van der Waals surface area contributed by atoms with E-state index in [9.17, 15) is 26.3 Å². The Labute approximate surface area is 343 Å². The van der Waals surface area contributed by atoms with Crippen molar-refractivity contribution in [3.8, 4) is 0 Å². The van der Waals surface area contributed by atoms with Gasteiger partial charge in [-0.25, -0.2) is 90.8 Å². The molecule has 0 saturated carbocycles. The van der Waals surface area contributed by atoms with Crippen molar-refractivity contribution in [2.24, 2.45) is 25.0 Å². The number of alkyl halides is 1. The summed E-state index contributed by atoms with van der Waals surface area (Å²) in [6.45, 7) is 3.03. The van der Waals surface area contributed by atoms with E-state index in [1.54, 1.807) is 6.92 Å². The molecule has 6 aromatic rings. The van der Waals surface area contributed by atoms with E-state index in [0.29, 0.717) is 5.56 Å². The van der Waals surface area contributed by atoms with Crippen molar-refractivity contribution in [2.75, 3.05) is 10.6 Å². The van der Waals surface area contributed by atoms with Gasteiger partial charge < -0.3 is 20.6 Å². The zero-order valence-electron chi connectivity index (χ0n) is 31.2. The molecule has 0 radical (unpaired) electrons. The maximum atomic E-state index is 17.8. The van der Waals surface area contributed by atoms with E-state index in [4.69, 9.17) is 0 Å². The molecule has 0 spiro atoms. The number of aryl methyl sites for hydroxylation is 2. The number of allylic oxidation sites excluding steroid dienone is 1. The summed E-state index contributed by atoms with van der Waals surface area (Å²) >= 11 is 0. The van der Waals surface area contributed by atoms with Gasteiger partial charge in [-0.05, 0) is 31.5 Å². The quantitative estimate of drug-likeness (QED) is 0.0600. The normalized spacial score (nSPS) is 19.6. The minimum Gasteiger partial charge on any atom is -0.344 e. The topological polar surface area (TPSA) is 117 Å². The highest BCUT2D eigenvalue weighted by Crippen LogP contribution is 2.46. The Kier molecular flexibility index (Phi) is 8.48. The molecule has 1 aliphatic carbocycles. The lowest BCUT2D eigenvalue weighted by Crippen LogP contribution is -2.43. The number of hydrogen-bond donors (Lipinski definition) is 4. The number of amidine groups is 4. The molecule has 9 nitrogen and oxygen atoms in total. The number of fused-ring (bicyclic) bond motifs is 18. The summed E-state index contributed by atoms with van der Waals surface area (Å²) in [4.78, 5) is 23.5. The molecule has 8 bridgehead atoms. The molecule has 0 saturated heterocycles. The van der Waals surface area contributed by atoms with Crippen molar-refractivity contribution in [3.05, 3.63) is 150 Å². The molecule has 4 aromatic carbocycles. The van der Waals surface area contributed by atoms with Crippen molar-refractivity contribution in [1.29, 1.82) is 0 Å². The van der Waals surface area contributed by atoms with Crippen molar-refractivity contribution in [2.45, 2.75) is 19.6 Å². The first-order chi connectivity index (χ1) is 30.2. The van der Waals surface area contributed by atoms with Crippen molar-refractivity contribution >= 4 is 63.1 Å². The molecule has 24 heteroatoms. The monoisotopic (exact) mass is 905 g/mol. The molecule has 1 unspecified atom stereocenters. The molecule has 0 fully saturated rings. The summed E-state index contributed by atoms with van der Waals surface area (Å²) in [6.07, 6.45) is 0. The fourth-order valence-corrected chi connectivity index (χ4v) is 7.69. The summed E-state index contributed by atoms with van der Waals surface area (Å²) in [5.41, 5.74) is -6.76. The van der Waals surface area contributed by atoms with Crippen LogP contribution in [0.15, 0.2) is 60.9 Å². The predicted octanol–water partition coefficient (Wildman–Crippen LogP) is 9.54. The van der Waals surface area contributed by atoms with Gasteiger partial charge in [-0.2, -0.15) is 0 Å². The zero-order chi connectivity index (χ0) is 45.7. The Hall–Kier alpha value is -7.66. The van der Waals surface area contributed by atoms with Crippen LogP contribution < -0.4 is 21.3 Å². The highest BCUT2D eigenvalue weighted by atomic mass is 19.2. The number of nitrogens with zero attached hydrogens (tertiary/aromatic N) is 5. The molecule has 4 N–H and O–H groups in total. The van der Waals surface area contributed by atoms with E-state index in [1.807, 2.05) is 0 Å². The Morgan fingerprint density at radius 1 is 0.547 bits per heavy atom. The van der Waals surface area contributed by atoms with Gasteiger partial charge in [-0.1, -0.05) is 17.7 Å². The lowest BCUT2D eigenvalue weighted by atomic mass is 9.96. The molecule has 0 amide bonds. The second-order valence-corrected chi connectivity index (χ2v) is 14.4. The Bertz CT molecular complexity index is 3550. The van der Waals surface area contributed by atoms with Crippen molar-refractivity contribution in [3.63, 3.8) is 0 Å². The number of nitrogens with one attached hydrogen (secondary N) is 4. The third kappa shape index (κ3) is 5.33. The van der Waals surface area contributed by atoms with Crippen LogP contribution in [-0.4, -0.2) is 33.3 Å². The standard InChI is InChI=1S/C40H14F15N9/c1-7-3-4-11(8(2)5-7)64-40(55)18-17(25(48)30(53)31(40)54)38-57-32-9-6-10(41)19(42)20(43)12(9)33(56-32)58-34-13-14(22(45)27(50)26(49)21(13)44)35(59-34)60-36-15-16(37(61-36)62-39(18)63-38)24(47)29(52)28(51)23(15)46/h3-6,59,64H,1-2H3,(H,60,61,62)(H,56,57,58,63). The van der Waals surface area contributed by atoms with Crippen LogP contribution in [0, 0.1) is 77.8 Å². The smallest absolute Gasteiger partial charge is 0.265 e. The first kappa shape index (κ1) is 40.4. The molecule has 1 atom stereocenters. The Morgan fingerprint density at radius 2 is 1.12 bits per heavy atom. The number of anilines is 2. The zero-order valence-corrected chi connectivity index (χ0v) is 31.2. The molecule has 10 rings (SSSR count). The predicted molar refractivity (Wildman–Crippen MR) is 197 cm³/mol. The van der Waals surface area contributed by atoms with Crippen LogP contribution >= 0.6 is 0 Å². The van der Waals surface area contributed by atoms with E-state index >= 15 is 39.5 Å². The van der Waals surface area contributed by atoms with Gasteiger partial charge in [0.2, 0.25) is 5.83 Å². The van der Waals surface area contributed by atoms with Crippen LogP contribution in [-0.2, 0) is 5.79 Å². The van der Waals surface area contributed by atoms with Crippen LogP contribution in [0.2, 0.25) is 0 Å². The maximum absolute atomic E-state index is 17.8.